The number of Topliss-reactive ketones (excluding diaryl/α,β-unsaturated/α-hetero) is 5. The predicted molar refractivity (Wildman–Crippen MR) is 342 cm³/mol. The Labute approximate surface area is 536 Å². The SMILES string of the molecule is COC(=O)c1ccc([Se]C[C@H](CC(=O)CNC(=O)CCC(=O)[C@H](Cc2ccccc2)NC(=O)[C@@H](N)CC(C)C)C(=O)NCC(=O)C[C@@H](CC(C)C)C(=O)N[C@@H](CC(C)C)C(=O)C[C@@H](CCCCN)C(=O)N[C@@H](CC(N)=O)C(=O)C[C@@H](CCCCN)C(N)=O)cc1. The van der Waals surface area contributed by atoms with Gasteiger partial charge in [-0.2, -0.15) is 0 Å². The van der Waals surface area contributed by atoms with Crippen molar-refractivity contribution < 1.29 is 67.1 Å². The molecule has 500 valence electrons. The summed E-state index contributed by atoms with van der Waals surface area (Å²) >= 11 is -0.443. The Kier molecular flexibility index (Phi) is 37.6. The molecule has 2 rings (SSSR count). The Balaban J connectivity index is 2.28. The third kappa shape index (κ3) is 32.1. The summed E-state index contributed by atoms with van der Waals surface area (Å²) in [7, 11) is 1.25. The van der Waals surface area contributed by atoms with Crippen molar-refractivity contribution in [1.29, 1.82) is 0 Å². The van der Waals surface area contributed by atoms with E-state index in [0.29, 0.717) is 44.2 Å². The van der Waals surface area contributed by atoms with Crippen LogP contribution in [0, 0.1) is 41.4 Å². The third-order valence-corrected chi connectivity index (χ3v) is 17.4. The quantitative estimate of drug-likeness (QED) is 0.0257. The molecule has 15 N–H and O–H groups in total. The second kappa shape index (κ2) is 42.8. The van der Waals surface area contributed by atoms with Gasteiger partial charge in [-0.1, -0.05) is 70.9 Å². The van der Waals surface area contributed by atoms with Crippen LogP contribution in [0.25, 0.3) is 0 Å². The number of unbranched alkanes of at least 4 members (excludes halogenated alkanes) is 2. The number of carbonyl (C=O) groups excluding carboxylic acids is 13. The third-order valence-electron chi connectivity index (χ3n) is 15.0. The maximum absolute atomic E-state index is 14.3. The molecule has 0 unspecified atom stereocenters. The minimum atomic E-state index is -1.42. The maximum atomic E-state index is 14.3. The number of rotatable bonds is 48. The molecule has 0 heterocycles. The topological polar surface area (TPSA) is 421 Å². The summed E-state index contributed by atoms with van der Waals surface area (Å²) in [6, 6.07) is 11.3. The van der Waals surface area contributed by atoms with E-state index in [1.165, 1.54) is 7.11 Å². The van der Waals surface area contributed by atoms with Gasteiger partial charge in [0, 0.05) is 24.7 Å². The molecule has 24 nitrogen and oxygen atoms in total. The molecular formula is C65H100N10O14Se. The van der Waals surface area contributed by atoms with Gasteiger partial charge in [-0.15, -0.1) is 0 Å². The number of hydrogen-bond acceptors (Lipinski definition) is 17. The van der Waals surface area contributed by atoms with Crippen LogP contribution in [-0.2, 0) is 68.7 Å². The van der Waals surface area contributed by atoms with E-state index in [1.54, 1.807) is 36.4 Å². The number of primary amides is 2. The fourth-order valence-corrected chi connectivity index (χ4v) is 12.1. The standard InChI is InChI=1S/C65H100N10O14Se/c1-39(2)27-46(63(86)73-52(29-41(5)6)57(80)34-45(18-12-14-26-67)62(85)74-54(35-58(69)81)56(79)33-44(60(70)83)17-11-13-25-66)31-48(76)37-72-61(84)47(38-90-50-21-19-43(20-22-50)65(88)89-7)32-49(77)36-71-59(82)24-23-55(78)53(30-42-15-9-8-10-16-42)75-64(87)51(68)28-40(3)4/h8-10,15-16,19-22,39-41,44-47,51-54H,11-14,17-18,23-38,66-68H2,1-7H3,(H2,69,81)(H2,70,83)(H,71,82)(H,72,84)(H,73,86)(H,74,85)(H,75,87)/t44-,45-,46-,47+,51+,52+,53+,54+/m1/s1. The van der Waals surface area contributed by atoms with E-state index >= 15 is 0 Å². The van der Waals surface area contributed by atoms with Gasteiger partial charge in [0.15, 0.2) is 5.78 Å². The molecule has 0 saturated heterocycles. The number of carbonyl (C=O) groups is 13. The van der Waals surface area contributed by atoms with Crippen LogP contribution in [-0.4, -0.2) is 149 Å². The Morgan fingerprint density at radius 3 is 1.59 bits per heavy atom. The van der Waals surface area contributed by atoms with Crippen LogP contribution in [0.5, 0.6) is 0 Å². The Morgan fingerprint density at radius 1 is 0.511 bits per heavy atom. The monoisotopic (exact) mass is 1320 g/mol. The van der Waals surface area contributed by atoms with Crippen molar-refractivity contribution in [2.24, 2.45) is 70.1 Å². The first kappa shape index (κ1) is 79.0. The number of hydrogen-bond donors (Lipinski definition) is 10. The van der Waals surface area contributed by atoms with Crippen molar-refractivity contribution in [3.8, 4) is 0 Å². The van der Waals surface area contributed by atoms with Gasteiger partial charge in [-0.25, -0.2) is 0 Å². The average Bonchev–Trinajstić information content (AvgIpc) is 2.67. The zero-order valence-corrected chi connectivity index (χ0v) is 55.3. The average molecular weight is 1320 g/mol. The molecule has 0 radical (unpaired) electrons. The zero-order chi connectivity index (χ0) is 67.5. The Hall–Kier alpha value is -7.05. The molecule has 8 atom stereocenters. The summed E-state index contributed by atoms with van der Waals surface area (Å²) in [5.74, 6) is -11.8. The van der Waals surface area contributed by atoms with Crippen molar-refractivity contribution in [1.82, 2.24) is 26.6 Å². The molecule has 0 aliphatic rings. The molecule has 0 saturated carbocycles. The van der Waals surface area contributed by atoms with Gasteiger partial charge in [0.05, 0.1) is 18.5 Å². The van der Waals surface area contributed by atoms with Crippen LogP contribution < -0.4 is 59.7 Å². The fourth-order valence-electron chi connectivity index (χ4n) is 10.1. The van der Waals surface area contributed by atoms with Crippen molar-refractivity contribution >= 4 is 95.7 Å². The molecule has 0 fully saturated rings. The summed E-state index contributed by atoms with van der Waals surface area (Å²) in [6.45, 7) is 10.9. The van der Waals surface area contributed by atoms with Gasteiger partial charge in [0.25, 0.3) is 0 Å². The van der Waals surface area contributed by atoms with Gasteiger partial charge in [-0.05, 0) is 62.6 Å². The molecule has 0 aromatic heterocycles. The molecule has 0 bridgehead atoms. The molecule has 0 aliphatic carbocycles. The van der Waals surface area contributed by atoms with E-state index in [9.17, 15) is 62.3 Å². The normalized spacial score (nSPS) is 14.0. The number of benzene rings is 2. The minimum absolute atomic E-state index is 0.110. The van der Waals surface area contributed by atoms with Crippen LogP contribution in [0.3, 0.4) is 0 Å². The first-order valence-corrected chi connectivity index (χ1v) is 33.3. The molecule has 0 aliphatic heterocycles. The molecule has 0 spiro atoms. The van der Waals surface area contributed by atoms with Crippen molar-refractivity contribution in [2.75, 3.05) is 33.3 Å². The van der Waals surface area contributed by atoms with Crippen LogP contribution in [0.1, 0.15) is 160 Å². The fraction of sp³-hybridized carbons (Fsp3) is 0.615. The van der Waals surface area contributed by atoms with Crippen LogP contribution in [0.15, 0.2) is 54.6 Å². The summed E-state index contributed by atoms with van der Waals surface area (Å²) in [4.78, 5) is 174. The van der Waals surface area contributed by atoms with Gasteiger partial charge in [0.1, 0.15) is 0 Å². The molecule has 7 amide bonds. The number of ketones is 5. The second-order valence-corrected chi connectivity index (χ2v) is 26.7. The summed E-state index contributed by atoms with van der Waals surface area (Å²) in [6.07, 6.45) is 0.830. The number of nitrogens with two attached hydrogens (primary N) is 5. The van der Waals surface area contributed by atoms with Crippen molar-refractivity contribution in [3.05, 3.63) is 65.7 Å². The molecular weight excluding hydrogens is 1220 g/mol. The Morgan fingerprint density at radius 2 is 1.03 bits per heavy atom. The molecule has 90 heavy (non-hydrogen) atoms. The number of esters is 1. The van der Waals surface area contributed by atoms with Crippen LogP contribution in [0.2, 0.25) is 5.32 Å². The number of methoxy groups -OCH3 is 1. The van der Waals surface area contributed by atoms with E-state index in [0.717, 1.165) is 10.0 Å². The van der Waals surface area contributed by atoms with E-state index < -0.39 is 159 Å². The van der Waals surface area contributed by atoms with Crippen LogP contribution >= 0.6 is 0 Å². The first-order chi connectivity index (χ1) is 42.6. The Bertz CT molecular complexity index is 2690. The summed E-state index contributed by atoms with van der Waals surface area (Å²) < 4.78 is 5.58. The van der Waals surface area contributed by atoms with Gasteiger partial charge in [-0.3, -0.25) is 28.8 Å². The zero-order valence-electron chi connectivity index (χ0n) is 53.6. The van der Waals surface area contributed by atoms with Crippen LogP contribution in [0.4, 0.5) is 0 Å². The second-order valence-electron chi connectivity index (χ2n) is 24.4. The van der Waals surface area contributed by atoms with E-state index in [1.807, 2.05) is 59.7 Å². The summed E-state index contributed by atoms with van der Waals surface area (Å²) in [5, 5.41) is 13.5. The number of ether oxygens (including phenoxy) is 1. The first-order valence-electron chi connectivity index (χ1n) is 31.2. The molecule has 2 aromatic rings. The number of amides is 7. The molecule has 2 aromatic carbocycles. The van der Waals surface area contributed by atoms with E-state index in [-0.39, 0.29) is 100 Å². The van der Waals surface area contributed by atoms with Gasteiger partial charge >= 0.3 is 270 Å². The van der Waals surface area contributed by atoms with Gasteiger partial charge in [0.2, 0.25) is 23.6 Å². The number of nitrogens with one attached hydrogen (secondary N) is 5. The van der Waals surface area contributed by atoms with E-state index in [4.69, 9.17) is 33.4 Å². The van der Waals surface area contributed by atoms with Crippen molar-refractivity contribution in [3.63, 3.8) is 0 Å². The predicted octanol–water partition coefficient (Wildman–Crippen LogP) is 1.89. The van der Waals surface area contributed by atoms with Gasteiger partial charge < -0.3 is 34.0 Å². The van der Waals surface area contributed by atoms with E-state index in [2.05, 4.69) is 26.6 Å². The van der Waals surface area contributed by atoms with Crippen molar-refractivity contribution in [2.45, 2.75) is 180 Å². The summed E-state index contributed by atoms with van der Waals surface area (Å²) in [5.41, 5.74) is 29.7. The molecule has 25 heteroatoms.